The highest BCUT2D eigenvalue weighted by atomic mass is 19.1. The average molecular weight is 531 g/mol. The number of anilines is 2. The van der Waals surface area contributed by atoms with Gasteiger partial charge in [-0.3, -0.25) is 14.1 Å². The summed E-state index contributed by atoms with van der Waals surface area (Å²) < 4.78 is 25.8. The number of ether oxygens (including phenoxy) is 2. The molecule has 1 amide bonds. The topological polar surface area (TPSA) is 93.0 Å². The van der Waals surface area contributed by atoms with E-state index in [4.69, 9.17) is 14.5 Å². The third-order valence-electron chi connectivity index (χ3n) is 7.10. The van der Waals surface area contributed by atoms with E-state index in [0.717, 1.165) is 68.6 Å². The molecule has 0 aliphatic carbocycles. The van der Waals surface area contributed by atoms with Crippen LogP contribution in [-0.4, -0.2) is 64.7 Å². The van der Waals surface area contributed by atoms with E-state index >= 15 is 0 Å². The Balaban J connectivity index is 0.000000500. The number of carbonyl (C=O) groups is 1. The first-order chi connectivity index (χ1) is 19.2. The lowest BCUT2D eigenvalue weighted by Crippen LogP contribution is -2.35. The second-order valence-electron chi connectivity index (χ2n) is 9.76. The van der Waals surface area contributed by atoms with Crippen LogP contribution in [0, 0.1) is 5.82 Å². The van der Waals surface area contributed by atoms with Crippen LogP contribution in [0.15, 0.2) is 54.9 Å². The predicted molar refractivity (Wildman–Crippen MR) is 145 cm³/mol. The molecule has 0 unspecified atom stereocenters. The molecule has 9 nitrogen and oxygen atoms in total. The predicted octanol–water partition coefficient (Wildman–Crippen LogP) is 4.15. The standard InChI is InChI=1S/C25H23FN6O2.C4H8O/c26-16-6-7-32-21(14-27-23(32)12-16)18-4-5-20(24-19(18)13-28-25(24)33)30-22-3-1-2-17(29-22)15-31-8-10-34-11-9-31;1-2-4-5-3-1/h1-7,12,14H,8-11,13,15H2,(H,28,33)(H,29,30);1-4H2. The Bertz CT molecular complexity index is 1470. The highest BCUT2D eigenvalue weighted by Gasteiger charge is 2.27. The lowest BCUT2D eigenvalue weighted by molar-refractivity contribution is 0.0337. The lowest BCUT2D eigenvalue weighted by atomic mass is 9.99. The molecule has 1 aromatic carbocycles. The molecule has 7 rings (SSSR count). The number of pyridine rings is 2. The minimum absolute atomic E-state index is 0.135. The van der Waals surface area contributed by atoms with Crippen molar-refractivity contribution >= 4 is 23.1 Å². The van der Waals surface area contributed by atoms with Gasteiger partial charge in [0.2, 0.25) is 0 Å². The molecule has 0 atom stereocenters. The summed E-state index contributed by atoms with van der Waals surface area (Å²) in [6.45, 7) is 6.44. The largest absolute Gasteiger partial charge is 0.381 e. The Morgan fingerprint density at radius 1 is 1.03 bits per heavy atom. The molecule has 202 valence electrons. The molecule has 3 aromatic heterocycles. The van der Waals surface area contributed by atoms with Crippen LogP contribution in [0.2, 0.25) is 0 Å². The Morgan fingerprint density at radius 3 is 2.64 bits per heavy atom. The number of carbonyl (C=O) groups excluding carboxylic acids is 1. The van der Waals surface area contributed by atoms with E-state index in [-0.39, 0.29) is 11.7 Å². The Labute approximate surface area is 226 Å². The molecule has 6 heterocycles. The fraction of sp³-hybridized carbons (Fsp3) is 0.345. The molecule has 10 heteroatoms. The zero-order valence-electron chi connectivity index (χ0n) is 21.7. The molecule has 39 heavy (non-hydrogen) atoms. The molecule has 0 saturated carbocycles. The van der Waals surface area contributed by atoms with E-state index in [1.165, 1.54) is 25.0 Å². The van der Waals surface area contributed by atoms with E-state index in [2.05, 4.69) is 20.5 Å². The molecular formula is C29H31FN6O3. The number of nitrogens with zero attached hydrogens (tertiary/aromatic N) is 4. The number of morpholine rings is 1. The summed E-state index contributed by atoms with van der Waals surface area (Å²) in [4.78, 5) is 24.2. The van der Waals surface area contributed by atoms with Crippen LogP contribution in [0.25, 0.3) is 16.9 Å². The van der Waals surface area contributed by atoms with Gasteiger partial charge >= 0.3 is 0 Å². The van der Waals surface area contributed by atoms with E-state index in [1.54, 1.807) is 12.4 Å². The minimum atomic E-state index is -0.338. The molecule has 3 aliphatic rings. The molecular weight excluding hydrogens is 499 g/mol. The van der Waals surface area contributed by atoms with Crippen molar-refractivity contribution in [3.05, 3.63) is 77.5 Å². The number of rotatable bonds is 5. The second kappa shape index (κ2) is 11.5. The summed E-state index contributed by atoms with van der Waals surface area (Å²) in [7, 11) is 0. The van der Waals surface area contributed by atoms with Crippen LogP contribution in [0.1, 0.15) is 34.5 Å². The van der Waals surface area contributed by atoms with Crippen LogP contribution >= 0.6 is 0 Å². The minimum Gasteiger partial charge on any atom is -0.381 e. The zero-order chi connectivity index (χ0) is 26.6. The molecule has 0 radical (unpaired) electrons. The highest BCUT2D eigenvalue weighted by molar-refractivity contribution is 6.06. The van der Waals surface area contributed by atoms with E-state index in [9.17, 15) is 9.18 Å². The first kappa shape index (κ1) is 25.4. The third-order valence-corrected chi connectivity index (χ3v) is 7.10. The number of imidazole rings is 1. The average Bonchev–Trinajstić information content (AvgIpc) is 3.73. The molecule has 2 fully saturated rings. The van der Waals surface area contributed by atoms with Crippen molar-refractivity contribution in [1.29, 1.82) is 0 Å². The van der Waals surface area contributed by atoms with Gasteiger partial charge in [0.15, 0.2) is 0 Å². The monoisotopic (exact) mass is 530 g/mol. The van der Waals surface area contributed by atoms with Crippen molar-refractivity contribution < 1.29 is 18.7 Å². The van der Waals surface area contributed by atoms with Crippen molar-refractivity contribution in [3.63, 3.8) is 0 Å². The fourth-order valence-corrected chi connectivity index (χ4v) is 5.12. The maximum atomic E-state index is 13.6. The summed E-state index contributed by atoms with van der Waals surface area (Å²) >= 11 is 0. The summed E-state index contributed by atoms with van der Waals surface area (Å²) in [5.41, 5.74) is 5.34. The summed E-state index contributed by atoms with van der Waals surface area (Å²) in [5.74, 6) is 0.212. The number of halogens is 1. The van der Waals surface area contributed by atoms with Gasteiger partial charge in [-0.1, -0.05) is 12.1 Å². The lowest BCUT2D eigenvalue weighted by Gasteiger charge is -2.26. The van der Waals surface area contributed by atoms with Gasteiger partial charge < -0.3 is 20.1 Å². The number of nitrogens with one attached hydrogen (secondary N) is 2. The van der Waals surface area contributed by atoms with Gasteiger partial charge in [-0.15, -0.1) is 0 Å². The quantitative estimate of drug-likeness (QED) is 0.400. The number of benzene rings is 1. The van der Waals surface area contributed by atoms with Crippen molar-refractivity contribution in [3.8, 4) is 11.3 Å². The van der Waals surface area contributed by atoms with E-state index < -0.39 is 0 Å². The van der Waals surface area contributed by atoms with Gasteiger partial charge in [-0.2, -0.15) is 0 Å². The summed E-state index contributed by atoms with van der Waals surface area (Å²) in [6.07, 6.45) is 5.91. The number of fused-ring (bicyclic) bond motifs is 2. The number of hydrogen-bond acceptors (Lipinski definition) is 7. The second-order valence-corrected chi connectivity index (χ2v) is 9.76. The van der Waals surface area contributed by atoms with Crippen LogP contribution < -0.4 is 10.6 Å². The SMILES string of the molecule is C1CCOC1.O=C1NCc2c(-c3cnc4cc(F)ccn34)ccc(Nc3cccc(CN4CCOCC4)n3)c21. The zero-order valence-corrected chi connectivity index (χ0v) is 21.7. The van der Waals surface area contributed by atoms with Crippen LogP contribution in [0.3, 0.4) is 0 Å². The van der Waals surface area contributed by atoms with Crippen LogP contribution in [0.4, 0.5) is 15.9 Å². The maximum absolute atomic E-state index is 13.6. The number of amides is 1. The Kier molecular flexibility index (Phi) is 7.49. The third kappa shape index (κ3) is 5.63. The molecule has 2 saturated heterocycles. The Hall–Kier alpha value is -3.86. The highest BCUT2D eigenvalue weighted by Crippen LogP contribution is 2.35. The van der Waals surface area contributed by atoms with E-state index in [1.807, 2.05) is 34.7 Å². The summed E-state index contributed by atoms with van der Waals surface area (Å²) in [6, 6.07) is 12.5. The van der Waals surface area contributed by atoms with Crippen molar-refractivity contribution in [1.82, 2.24) is 24.6 Å². The normalized spacial score (nSPS) is 17.0. The molecule has 0 spiro atoms. The molecule has 3 aliphatic heterocycles. The van der Waals surface area contributed by atoms with Crippen LogP contribution in [-0.2, 0) is 22.6 Å². The van der Waals surface area contributed by atoms with Gasteiger partial charge in [0.1, 0.15) is 17.3 Å². The first-order valence-corrected chi connectivity index (χ1v) is 13.3. The smallest absolute Gasteiger partial charge is 0.254 e. The number of aromatic nitrogens is 3. The van der Waals surface area contributed by atoms with Crippen molar-refractivity contribution in [2.45, 2.75) is 25.9 Å². The van der Waals surface area contributed by atoms with E-state index in [0.29, 0.717) is 29.3 Å². The Morgan fingerprint density at radius 2 is 1.85 bits per heavy atom. The molecule has 2 N–H and O–H groups in total. The maximum Gasteiger partial charge on any atom is 0.254 e. The van der Waals surface area contributed by atoms with Crippen molar-refractivity contribution in [2.75, 3.05) is 44.8 Å². The first-order valence-electron chi connectivity index (χ1n) is 13.3. The van der Waals surface area contributed by atoms with Gasteiger partial charge in [0.05, 0.1) is 42.0 Å². The van der Waals surface area contributed by atoms with Gasteiger partial charge in [0, 0.05) is 57.2 Å². The summed E-state index contributed by atoms with van der Waals surface area (Å²) in [5, 5.41) is 6.27. The van der Waals surface area contributed by atoms with Gasteiger partial charge in [-0.05, 0) is 42.7 Å². The fourth-order valence-electron chi connectivity index (χ4n) is 5.12. The van der Waals surface area contributed by atoms with Gasteiger partial charge in [-0.25, -0.2) is 14.4 Å². The molecule has 4 aromatic rings. The number of hydrogen-bond donors (Lipinski definition) is 2. The molecule has 0 bridgehead atoms. The van der Waals surface area contributed by atoms with Crippen LogP contribution in [0.5, 0.6) is 0 Å². The van der Waals surface area contributed by atoms with Crippen molar-refractivity contribution in [2.24, 2.45) is 0 Å². The van der Waals surface area contributed by atoms with Gasteiger partial charge in [0.25, 0.3) is 5.91 Å².